The van der Waals surface area contributed by atoms with E-state index in [1.807, 2.05) is 36.4 Å². The number of nitrogens with one attached hydrogen (secondary N) is 2. The number of aromatic nitrogens is 1. The molecule has 4 rings (SSSR count). The molecule has 1 aliphatic heterocycles. The fourth-order valence-electron chi connectivity index (χ4n) is 4.06. The predicted molar refractivity (Wildman–Crippen MR) is 104 cm³/mol. The van der Waals surface area contributed by atoms with E-state index in [0.717, 1.165) is 30.5 Å². The fraction of sp³-hybridized carbons (Fsp3) is 0.273. The normalized spacial score (nSPS) is 19.0. The van der Waals surface area contributed by atoms with Gasteiger partial charge in [0.25, 0.3) is 0 Å². The highest BCUT2D eigenvalue weighted by Crippen LogP contribution is 2.39. The van der Waals surface area contributed by atoms with E-state index in [9.17, 15) is 23.2 Å². The third kappa shape index (κ3) is 3.64. The van der Waals surface area contributed by atoms with Gasteiger partial charge in [-0.3, -0.25) is 0 Å². The number of rotatable bonds is 4. The van der Waals surface area contributed by atoms with Crippen LogP contribution in [0.1, 0.15) is 23.2 Å². The largest absolute Gasteiger partial charge is 0.491 e. The number of esters is 1. The first-order chi connectivity index (χ1) is 14.3. The van der Waals surface area contributed by atoms with Crippen molar-refractivity contribution in [2.24, 2.45) is 0 Å². The molecule has 1 aliphatic rings. The number of halogens is 3. The smallest absolute Gasteiger partial charge is 0.416 e. The summed E-state index contributed by atoms with van der Waals surface area (Å²) in [4.78, 5) is 14.1. The first-order valence-electron chi connectivity index (χ1n) is 9.42. The number of aromatic amines is 1. The van der Waals surface area contributed by atoms with Crippen LogP contribution in [0.2, 0.25) is 0 Å². The number of carbonyl (C=O) groups excluding carboxylic acids is 1. The number of hydrogen-bond acceptors (Lipinski definition) is 4. The van der Waals surface area contributed by atoms with Gasteiger partial charge in [-0.1, -0.05) is 36.4 Å². The third-order valence-corrected chi connectivity index (χ3v) is 5.53. The second-order valence-electron chi connectivity index (χ2n) is 7.46. The first-order valence-corrected chi connectivity index (χ1v) is 9.42. The van der Waals surface area contributed by atoms with Gasteiger partial charge in [-0.2, -0.15) is 18.4 Å². The molecule has 2 aromatic carbocycles. The lowest BCUT2D eigenvalue weighted by Crippen LogP contribution is -2.31. The molecule has 0 radical (unpaired) electrons. The highest BCUT2D eigenvalue weighted by atomic mass is 19.4. The van der Waals surface area contributed by atoms with E-state index in [4.69, 9.17) is 0 Å². The molecule has 0 saturated carbocycles. The Hall–Kier alpha value is -3.31. The van der Waals surface area contributed by atoms with Crippen LogP contribution in [-0.2, 0) is 16.6 Å². The average Bonchev–Trinajstić information content (AvgIpc) is 3.33. The molecule has 3 aromatic rings. The second kappa shape index (κ2) is 7.50. The summed E-state index contributed by atoms with van der Waals surface area (Å²) in [6, 6.07) is 17.1. The standard InChI is InChI=1S/C22H18F3N3O2/c23-22(24,25)20(29)30-19-16-10-15(6-7-17(16)28-18(19)12-26)21(8-9-27-13-21)11-14-4-2-1-3-5-14/h1-7,10,27-28H,8-9,11,13H2. The molecule has 5 nitrogen and oxygen atoms in total. The van der Waals surface area contributed by atoms with Gasteiger partial charge in [0.15, 0.2) is 11.4 Å². The van der Waals surface area contributed by atoms with Gasteiger partial charge < -0.3 is 15.0 Å². The van der Waals surface area contributed by atoms with E-state index in [1.165, 1.54) is 0 Å². The lowest BCUT2D eigenvalue weighted by atomic mass is 9.74. The maximum absolute atomic E-state index is 12.7. The Labute approximate surface area is 170 Å². The topological polar surface area (TPSA) is 77.9 Å². The molecule has 154 valence electrons. The minimum Gasteiger partial charge on any atom is -0.416 e. The van der Waals surface area contributed by atoms with Gasteiger partial charge in [0.2, 0.25) is 0 Å². The Balaban J connectivity index is 1.79. The van der Waals surface area contributed by atoms with Crippen molar-refractivity contribution >= 4 is 16.9 Å². The van der Waals surface area contributed by atoms with Gasteiger partial charge >= 0.3 is 12.1 Å². The van der Waals surface area contributed by atoms with Crippen LogP contribution in [0.25, 0.3) is 10.9 Å². The Bertz CT molecular complexity index is 1120. The van der Waals surface area contributed by atoms with E-state index in [-0.39, 0.29) is 16.5 Å². The van der Waals surface area contributed by atoms with Crippen molar-refractivity contribution in [3.8, 4) is 11.8 Å². The van der Waals surface area contributed by atoms with Gasteiger partial charge in [-0.25, -0.2) is 4.79 Å². The van der Waals surface area contributed by atoms with Crippen molar-refractivity contribution in [1.82, 2.24) is 10.3 Å². The van der Waals surface area contributed by atoms with E-state index in [2.05, 4.69) is 15.0 Å². The van der Waals surface area contributed by atoms with Crippen LogP contribution in [0, 0.1) is 11.3 Å². The number of carbonyl (C=O) groups is 1. The maximum atomic E-state index is 12.7. The van der Waals surface area contributed by atoms with Crippen molar-refractivity contribution in [3.63, 3.8) is 0 Å². The zero-order chi connectivity index (χ0) is 21.4. The first kappa shape index (κ1) is 20.0. The van der Waals surface area contributed by atoms with Gasteiger partial charge in [-0.05, 0) is 42.6 Å². The van der Waals surface area contributed by atoms with Crippen molar-refractivity contribution in [1.29, 1.82) is 5.26 Å². The molecule has 0 amide bonds. The molecule has 8 heteroatoms. The van der Waals surface area contributed by atoms with Gasteiger partial charge in [0, 0.05) is 17.3 Å². The lowest BCUT2D eigenvalue weighted by Gasteiger charge is -2.29. The average molecular weight is 413 g/mol. The Morgan fingerprint density at radius 1 is 1.20 bits per heavy atom. The van der Waals surface area contributed by atoms with Crippen LogP contribution in [-0.4, -0.2) is 30.2 Å². The molecule has 1 fully saturated rings. The van der Waals surface area contributed by atoms with Crippen molar-refractivity contribution in [2.45, 2.75) is 24.4 Å². The predicted octanol–water partition coefficient (Wildman–Crippen LogP) is 3.98. The molecule has 0 aliphatic carbocycles. The minimum atomic E-state index is -5.15. The number of alkyl halides is 3. The van der Waals surface area contributed by atoms with Gasteiger partial charge in [-0.15, -0.1) is 0 Å². The molecule has 1 atom stereocenters. The van der Waals surface area contributed by atoms with Crippen LogP contribution in [0.5, 0.6) is 5.75 Å². The number of benzene rings is 2. The quantitative estimate of drug-likeness (QED) is 0.635. The Morgan fingerprint density at radius 3 is 2.60 bits per heavy atom. The van der Waals surface area contributed by atoms with Crippen LogP contribution in [0.3, 0.4) is 0 Å². The maximum Gasteiger partial charge on any atom is 0.491 e. The van der Waals surface area contributed by atoms with Crippen LogP contribution >= 0.6 is 0 Å². The number of H-pyrrole nitrogens is 1. The van der Waals surface area contributed by atoms with E-state index >= 15 is 0 Å². The number of nitriles is 1. The fourth-order valence-corrected chi connectivity index (χ4v) is 4.06. The summed E-state index contributed by atoms with van der Waals surface area (Å²) in [5.74, 6) is -2.75. The summed E-state index contributed by atoms with van der Waals surface area (Å²) in [6.07, 6.45) is -3.56. The van der Waals surface area contributed by atoms with E-state index < -0.39 is 17.9 Å². The Kier molecular flexibility index (Phi) is 5.00. The third-order valence-electron chi connectivity index (χ3n) is 5.53. The monoisotopic (exact) mass is 413 g/mol. The molecule has 2 N–H and O–H groups in total. The van der Waals surface area contributed by atoms with Crippen LogP contribution in [0.4, 0.5) is 13.2 Å². The summed E-state index contributed by atoms with van der Waals surface area (Å²) in [7, 11) is 0. The SMILES string of the molecule is N#Cc1[nH]c2ccc(C3(Cc4ccccc4)CCNC3)cc2c1OC(=O)C(F)(F)F. The molecule has 2 heterocycles. The molecule has 0 bridgehead atoms. The molecule has 1 aromatic heterocycles. The molecule has 1 unspecified atom stereocenters. The molecular formula is C22H18F3N3O2. The van der Waals surface area contributed by atoms with E-state index in [0.29, 0.717) is 12.1 Å². The second-order valence-corrected chi connectivity index (χ2v) is 7.46. The molecule has 1 saturated heterocycles. The van der Waals surface area contributed by atoms with Crippen LogP contribution in [0.15, 0.2) is 48.5 Å². The van der Waals surface area contributed by atoms with Crippen molar-refractivity contribution in [3.05, 3.63) is 65.4 Å². The van der Waals surface area contributed by atoms with Crippen LogP contribution < -0.4 is 10.1 Å². The Morgan fingerprint density at radius 2 is 1.97 bits per heavy atom. The zero-order valence-electron chi connectivity index (χ0n) is 15.8. The number of fused-ring (bicyclic) bond motifs is 1. The summed E-state index contributed by atoms with van der Waals surface area (Å²) in [5.41, 5.74) is 2.02. The highest BCUT2D eigenvalue weighted by Gasteiger charge is 2.42. The molecule has 0 spiro atoms. The molecular weight excluding hydrogens is 395 g/mol. The van der Waals surface area contributed by atoms with Gasteiger partial charge in [0.05, 0.1) is 5.52 Å². The number of nitrogens with zero attached hydrogens (tertiary/aromatic N) is 1. The zero-order valence-corrected chi connectivity index (χ0v) is 15.8. The van der Waals surface area contributed by atoms with Crippen molar-refractivity contribution < 1.29 is 22.7 Å². The highest BCUT2D eigenvalue weighted by molar-refractivity contribution is 5.93. The molecule has 30 heavy (non-hydrogen) atoms. The summed E-state index contributed by atoms with van der Waals surface area (Å²) < 4.78 is 42.8. The summed E-state index contributed by atoms with van der Waals surface area (Å²) in [6.45, 7) is 1.53. The number of hydrogen-bond donors (Lipinski definition) is 2. The van der Waals surface area contributed by atoms with E-state index in [1.54, 1.807) is 18.2 Å². The number of ether oxygens (including phenoxy) is 1. The summed E-state index contributed by atoms with van der Waals surface area (Å²) >= 11 is 0. The minimum absolute atomic E-state index is 0.221. The lowest BCUT2D eigenvalue weighted by molar-refractivity contribution is -0.189. The van der Waals surface area contributed by atoms with Crippen molar-refractivity contribution in [2.75, 3.05) is 13.1 Å². The summed E-state index contributed by atoms with van der Waals surface area (Å²) in [5, 5.41) is 12.9. The van der Waals surface area contributed by atoms with Gasteiger partial charge in [0.1, 0.15) is 6.07 Å².